The molecule has 9 N–H and O–H groups in total. The Hall–Kier alpha value is -4.64. The van der Waals surface area contributed by atoms with Crippen molar-refractivity contribution in [1.29, 1.82) is 0 Å². The van der Waals surface area contributed by atoms with E-state index in [1.165, 1.54) is 39.5 Å². The molecule has 0 aliphatic carbocycles. The summed E-state index contributed by atoms with van der Waals surface area (Å²) in [5.41, 5.74) is 5.46. The van der Waals surface area contributed by atoms with Gasteiger partial charge in [-0.2, -0.15) is 40.2 Å². The van der Waals surface area contributed by atoms with Crippen molar-refractivity contribution in [2.24, 2.45) is 10.2 Å². The van der Waals surface area contributed by atoms with Crippen LogP contribution in [0.15, 0.2) is 62.5 Å². The Morgan fingerprint density at radius 3 is 2.00 bits per heavy atom. The molecule has 4 rings (SSSR count). The van der Waals surface area contributed by atoms with E-state index in [0.717, 1.165) is 24.3 Å². The van der Waals surface area contributed by atoms with E-state index in [9.17, 15) is 39.5 Å². The summed E-state index contributed by atoms with van der Waals surface area (Å²) in [4.78, 5) is 11.3. The number of nitrogens with zero attached hydrogens (tertiary/aromatic N) is 5. The zero-order valence-electron chi connectivity index (χ0n) is 28.1. The van der Waals surface area contributed by atoms with Gasteiger partial charge in [-0.25, -0.2) is 0 Å². The second kappa shape index (κ2) is 16.6. The summed E-state index contributed by atoms with van der Waals surface area (Å²) in [5.74, 6) is -1.56. The van der Waals surface area contributed by atoms with Gasteiger partial charge < -0.3 is 40.1 Å². The average molecular weight is 818 g/mol. The van der Waals surface area contributed by atoms with Gasteiger partial charge in [-0.3, -0.25) is 13.7 Å². The Morgan fingerprint density at radius 1 is 0.792 bits per heavy atom. The van der Waals surface area contributed by atoms with Crippen molar-refractivity contribution in [3.8, 4) is 5.75 Å². The topological polar surface area (TPSA) is 337 Å². The summed E-state index contributed by atoms with van der Waals surface area (Å²) >= 11 is 0. The third-order valence-electron chi connectivity index (χ3n) is 7.28. The molecule has 288 valence electrons. The monoisotopic (exact) mass is 817 g/mol. The fraction of sp³-hybridized carbons (Fsp3) is 0.296. The zero-order valence-corrected chi connectivity index (χ0v) is 31.5. The molecule has 0 aliphatic rings. The van der Waals surface area contributed by atoms with Crippen molar-refractivity contribution in [2.75, 3.05) is 61.9 Å². The molecule has 0 saturated heterocycles. The van der Waals surface area contributed by atoms with Crippen LogP contribution in [0.5, 0.6) is 5.75 Å². The third kappa shape index (κ3) is 10.9. The maximum atomic E-state index is 12.5. The lowest BCUT2D eigenvalue weighted by Crippen LogP contribution is -2.42. The van der Waals surface area contributed by atoms with Gasteiger partial charge in [0.2, 0.25) is 17.8 Å². The van der Waals surface area contributed by atoms with Crippen molar-refractivity contribution < 1.29 is 57.3 Å². The largest absolute Gasteiger partial charge is 0.507 e. The molecule has 0 amide bonds. The van der Waals surface area contributed by atoms with E-state index in [2.05, 4.69) is 41.1 Å². The number of rotatable bonds is 18. The summed E-state index contributed by atoms with van der Waals surface area (Å²) in [6.45, 7) is 0.0185. The van der Waals surface area contributed by atoms with Crippen LogP contribution in [0.4, 0.5) is 40.6 Å². The van der Waals surface area contributed by atoms with Gasteiger partial charge in [0, 0.05) is 52.2 Å². The van der Waals surface area contributed by atoms with Gasteiger partial charge in [0.05, 0.1) is 21.7 Å². The molecule has 53 heavy (non-hydrogen) atoms. The van der Waals surface area contributed by atoms with E-state index in [1.54, 1.807) is 0 Å². The van der Waals surface area contributed by atoms with Crippen LogP contribution in [0.1, 0.15) is 6.42 Å². The van der Waals surface area contributed by atoms with E-state index in [-0.39, 0.29) is 57.9 Å². The highest BCUT2D eigenvalue weighted by Gasteiger charge is 2.36. The molecular formula is C27H35N9O13S3Si. The summed E-state index contributed by atoms with van der Waals surface area (Å²) < 4.78 is 115. The number of aromatic nitrogens is 3. The first kappa shape index (κ1) is 41.1. The van der Waals surface area contributed by atoms with Crippen molar-refractivity contribution in [3.05, 3.63) is 42.5 Å². The van der Waals surface area contributed by atoms with Gasteiger partial charge in [0.1, 0.15) is 22.0 Å². The highest BCUT2D eigenvalue weighted by atomic mass is 32.2. The van der Waals surface area contributed by atoms with E-state index in [0.29, 0.717) is 19.0 Å². The molecular weight excluding hydrogens is 783 g/mol. The lowest BCUT2D eigenvalue weighted by atomic mass is 10.1. The molecule has 4 aromatic rings. The number of azo groups is 1. The second-order valence-electron chi connectivity index (χ2n) is 10.8. The van der Waals surface area contributed by atoms with E-state index >= 15 is 0 Å². The molecule has 26 heteroatoms. The zero-order chi connectivity index (χ0) is 39.2. The first-order chi connectivity index (χ1) is 24.8. The van der Waals surface area contributed by atoms with Gasteiger partial charge >= 0.3 is 8.80 Å². The van der Waals surface area contributed by atoms with E-state index in [1.807, 2.05) is 0 Å². The molecule has 0 spiro atoms. The minimum atomic E-state index is -4.97. The summed E-state index contributed by atoms with van der Waals surface area (Å²) in [7, 11) is -12.4. The number of hydrogen-bond donors (Lipinski definition) is 8. The molecule has 0 bridgehead atoms. The van der Waals surface area contributed by atoms with E-state index < -0.39 is 60.5 Å². The molecule has 1 aromatic heterocycles. The number of phenols is 1. The van der Waals surface area contributed by atoms with Crippen molar-refractivity contribution in [3.63, 3.8) is 0 Å². The number of fused-ring (bicyclic) bond motifs is 1. The van der Waals surface area contributed by atoms with E-state index in [4.69, 9.17) is 23.6 Å². The Bertz CT molecular complexity index is 2340. The standard InChI is InChI=1S/C27H35N9O13S3Si/c1-47-53(48-2,49-3)12-4-9-29-25-32-26(30-10-11-50(38,39)40)34-27(33-25)31-17-6-8-20(22(14-17)52(44,45)46)35-36-24-19(28)7-5-16-13-18(51(41,42)43)15-21(37)23(16)24/h5-8,13-15,37H,4,9-12,28H2,1-3H3,(H,38,39,40)(H,41,42,43)(H,44,45,46)(H3,29,30,31,32,33,34)/b36-35+. The highest BCUT2D eigenvalue weighted by Crippen LogP contribution is 2.41. The first-order valence-electron chi connectivity index (χ1n) is 14.9. The van der Waals surface area contributed by atoms with Gasteiger partial charge in [-0.05, 0) is 42.1 Å². The maximum absolute atomic E-state index is 12.5. The summed E-state index contributed by atoms with van der Waals surface area (Å²) in [5, 5.41) is 26.9. The SMILES string of the molecule is CO[Si](CCCNc1nc(NCCS(=O)(=O)O)nc(Nc2ccc(/N=N/c3c(N)ccc4cc(S(=O)(=O)O)cc(O)c34)c(S(=O)(=O)O)c2)n1)(OC)OC. The summed E-state index contributed by atoms with van der Waals surface area (Å²) in [6.07, 6.45) is 0.491. The van der Waals surface area contributed by atoms with Crippen LogP contribution in [0.25, 0.3) is 10.8 Å². The molecule has 0 radical (unpaired) electrons. The number of phenolic OH excluding ortho intramolecular Hbond substituents is 1. The van der Waals surface area contributed by atoms with Crippen molar-refractivity contribution in [1.82, 2.24) is 15.0 Å². The minimum absolute atomic E-state index is 0.0106. The van der Waals surface area contributed by atoms with Crippen molar-refractivity contribution >= 4 is 90.5 Å². The predicted molar refractivity (Wildman–Crippen MR) is 193 cm³/mol. The Kier molecular flexibility index (Phi) is 12.9. The molecule has 0 saturated carbocycles. The Labute approximate surface area is 304 Å². The fourth-order valence-electron chi connectivity index (χ4n) is 4.73. The predicted octanol–water partition coefficient (Wildman–Crippen LogP) is 2.94. The highest BCUT2D eigenvalue weighted by molar-refractivity contribution is 7.86. The Morgan fingerprint density at radius 2 is 1.42 bits per heavy atom. The number of aromatic hydroxyl groups is 1. The number of benzene rings is 3. The fourth-order valence-corrected chi connectivity index (χ4v) is 8.00. The number of hydrogen-bond acceptors (Lipinski definition) is 19. The maximum Gasteiger partial charge on any atom is 0.500 e. The van der Waals surface area contributed by atoms with Crippen LogP contribution in [0.2, 0.25) is 6.04 Å². The van der Waals surface area contributed by atoms with Gasteiger partial charge in [0.15, 0.2) is 0 Å². The lowest BCUT2D eigenvalue weighted by Gasteiger charge is -2.24. The molecule has 0 fully saturated rings. The van der Waals surface area contributed by atoms with Crippen LogP contribution in [-0.4, -0.2) is 108 Å². The van der Waals surface area contributed by atoms with Crippen LogP contribution >= 0.6 is 0 Å². The lowest BCUT2D eigenvalue weighted by molar-refractivity contribution is 0.123. The Balaban J connectivity index is 1.66. The summed E-state index contributed by atoms with van der Waals surface area (Å²) in [6, 6.07) is 8.42. The smallest absolute Gasteiger partial charge is 0.500 e. The number of nitrogen functional groups attached to an aromatic ring is 1. The number of anilines is 5. The molecule has 1 heterocycles. The number of nitrogens with one attached hydrogen (secondary N) is 3. The van der Waals surface area contributed by atoms with Gasteiger partial charge in [-0.15, -0.1) is 10.2 Å². The van der Waals surface area contributed by atoms with Gasteiger partial charge in [0.25, 0.3) is 30.4 Å². The van der Waals surface area contributed by atoms with Crippen LogP contribution in [0.3, 0.4) is 0 Å². The van der Waals surface area contributed by atoms with Crippen LogP contribution in [0, 0.1) is 0 Å². The normalized spacial score (nSPS) is 12.7. The molecule has 0 atom stereocenters. The van der Waals surface area contributed by atoms with Gasteiger partial charge in [-0.1, -0.05) is 6.07 Å². The first-order valence-corrected chi connectivity index (χ1v) is 21.4. The molecule has 22 nitrogen and oxygen atoms in total. The third-order valence-corrected chi connectivity index (χ3v) is 12.5. The average Bonchev–Trinajstić information content (AvgIpc) is 3.07. The molecule has 0 aliphatic heterocycles. The number of nitrogens with two attached hydrogens (primary N) is 1. The minimum Gasteiger partial charge on any atom is -0.507 e. The van der Waals surface area contributed by atoms with Crippen LogP contribution < -0.4 is 21.7 Å². The van der Waals surface area contributed by atoms with Crippen LogP contribution in [-0.2, 0) is 43.6 Å². The molecule has 3 aromatic carbocycles. The van der Waals surface area contributed by atoms with Crippen molar-refractivity contribution in [2.45, 2.75) is 22.3 Å². The second-order valence-corrected chi connectivity index (χ2v) is 18.3. The quantitative estimate of drug-likeness (QED) is 0.0235. The molecule has 0 unspecified atom stereocenters.